The summed E-state index contributed by atoms with van der Waals surface area (Å²) < 4.78 is 18.6. The summed E-state index contributed by atoms with van der Waals surface area (Å²) in [7, 11) is 0. The van der Waals surface area contributed by atoms with Gasteiger partial charge in [0.15, 0.2) is 0 Å². The molecule has 1 N–H and O–H groups in total. The Hall–Kier alpha value is -1.42. The van der Waals surface area contributed by atoms with Crippen molar-refractivity contribution in [2.45, 2.75) is 39.4 Å². The largest absolute Gasteiger partial charge is 0.372 e. The zero-order valence-electron chi connectivity index (χ0n) is 10.9. The first-order valence-electron chi connectivity index (χ1n) is 6.28. The number of benzene rings is 1. The highest BCUT2D eigenvalue weighted by Crippen LogP contribution is 2.07. The Labute approximate surface area is 107 Å². The van der Waals surface area contributed by atoms with E-state index in [4.69, 9.17) is 4.74 Å². The van der Waals surface area contributed by atoms with Crippen molar-refractivity contribution in [3.63, 3.8) is 0 Å². The van der Waals surface area contributed by atoms with E-state index in [9.17, 15) is 9.18 Å². The first-order valence-corrected chi connectivity index (χ1v) is 6.28. The lowest BCUT2D eigenvalue weighted by molar-refractivity contribution is -0.121. The molecule has 0 saturated heterocycles. The van der Waals surface area contributed by atoms with Crippen LogP contribution in [0.1, 0.15) is 32.3 Å². The number of hydrogen-bond acceptors (Lipinski definition) is 2. The van der Waals surface area contributed by atoms with E-state index in [2.05, 4.69) is 5.32 Å². The molecule has 1 rings (SSSR count). The molecule has 1 amide bonds. The van der Waals surface area contributed by atoms with E-state index in [1.165, 1.54) is 12.1 Å². The van der Waals surface area contributed by atoms with Crippen LogP contribution in [0.5, 0.6) is 0 Å². The summed E-state index contributed by atoms with van der Waals surface area (Å²) in [5, 5.41) is 2.79. The summed E-state index contributed by atoms with van der Waals surface area (Å²) in [6, 6.07) is 6.34. The molecule has 0 fully saturated rings. The Kier molecular flexibility index (Phi) is 6.36. The van der Waals surface area contributed by atoms with E-state index in [0.717, 1.165) is 12.0 Å². The van der Waals surface area contributed by atoms with Crippen molar-refractivity contribution in [2.75, 3.05) is 6.54 Å². The number of amides is 1. The van der Waals surface area contributed by atoms with Gasteiger partial charge in [0.25, 0.3) is 0 Å². The SMILES string of the molecule is CCC(=O)NCC(CC)OCc1cccc(F)c1. The van der Waals surface area contributed by atoms with Gasteiger partial charge in [0.2, 0.25) is 5.91 Å². The third-order valence-electron chi connectivity index (χ3n) is 2.68. The average Bonchev–Trinajstić information content (AvgIpc) is 2.38. The van der Waals surface area contributed by atoms with Crippen molar-refractivity contribution in [1.29, 1.82) is 0 Å². The molecule has 0 aliphatic rings. The van der Waals surface area contributed by atoms with Crippen LogP contribution in [0.3, 0.4) is 0 Å². The van der Waals surface area contributed by atoms with Crippen LogP contribution in [0.25, 0.3) is 0 Å². The second kappa shape index (κ2) is 7.82. The quantitative estimate of drug-likeness (QED) is 0.811. The van der Waals surface area contributed by atoms with Crippen LogP contribution in [-0.4, -0.2) is 18.6 Å². The predicted octanol–water partition coefficient (Wildman–Crippen LogP) is 2.65. The molecule has 18 heavy (non-hydrogen) atoms. The number of ether oxygens (including phenoxy) is 1. The molecular weight excluding hydrogens is 233 g/mol. The molecule has 0 spiro atoms. The first-order chi connectivity index (χ1) is 8.65. The van der Waals surface area contributed by atoms with Crippen molar-refractivity contribution < 1.29 is 13.9 Å². The topological polar surface area (TPSA) is 38.3 Å². The van der Waals surface area contributed by atoms with Gasteiger partial charge in [-0.3, -0.25) is 4.79 Å². The summed E-state index contributed by atoms with van der Waals surface area (Å²) in [6.07, 6.45) is 1.24. The fourth-order valence-corrected chi connectivity index (χ4v) is 1.51. The zero-order chi connectivity index (χ0) is 13.4. The van der Waals surface area contributed by atoms with Gasteiger partial charge in [-0.1, -0.05) is 26.0 Å². The maximum absolute atomic E-state index is 13.0. The smallest absolute Gasteiger partial charge is 0.219 e. The molecule has 1 aromatic carbocycles. The lowest BCUT2D eigenvalue weighted by Crippen LogP contribution is -2.32. The van der Waals surface area contributed by atoms with Crippen molar-refractivity contribution in [1.82, 2.24) is 5.32 Å². The van der Waals surface area contributed by atoms with Gasteiger partial charge in [0, 0.05) is 13.0 Å². The molecule has 3 nitrogen and oxygen atoms in total. The van der Waals surface area contributed by atoms with Gasteiger partial charge in [0.05, 0.1) is 12.7 Å². The van der Waals surface area contributed by atoms with Gasteiger partial charge in [-0.05, 0) is 24.1 Å². The van der Waals surface area contributed by atoms with Gasteiger partial charge in [-0.2, -0.15) is 0 Å². The minimum atomic E-state index is -0.261. The third-order valence-corrected chi connectivity index (χ3v) is 2.68. The van der Waals surface area contributed by atoms with Gasteiger partial charge < -0.3 is 10.1 Å². The molecule has 0 aliphatic carbocycles. The molecule has 1 atom stereocenters. The Morgan fingerprint density at radius 2 is 2.22 bits per heavy atom. The second-order valence-electron chi connectivity index (χ2n) is 4.13. The number of halogens is 1. The van der Waals surface area contributed by atoms with E-state index in [1.807, 2.05) is 19.9 Å². The van der Waals surface area contributed by atoms with Crippen LogP contribution >= 0.6 is 0 Å². The number of hydrogen-bond donors (Lipinski definition) is 1. The van der Waals surface area contributed by atoms with Gasteiger partial charge in [0.1, 0.15) is 5.82 Å². The van der Waals surface area contributed by atoms with E-state index < -0.39 is 0 Å². The van der Waals surface area contributed by atoms with Crippen LogP contribution in [0, 0.1) is 5.82 Å². The molecule has 0 saturated carbocycles. The highest BCUT2D eigenvalue weighted by Gasteiger charge is 2.08. The molecule has 0 bridgehead atoms. The number of carbonyl (C=O) groups is 1. The monoisotopic (exact) mass is 253 g/mol. The fraction of sp³-hybridized carbons (Fsp3) is 0.500. The highest BCUT2D eigenvalue weighted by molar-refractivity contribution is 5.75. The minimum absolute atomic E-state index is 0.0165. The van der Waals surface area contributed by atoms with Gasteiger partial charge in [-0.15, -0.1) is 0 Å². The summed E-state index contributed by atoms with van der Waals surface area (Å²) >= 11 is 0. The summed E-state index contributed by atoms with van der Waals surface area (Å²) in [6.45, 7) is 4.66. The number of nitrogens with one attached hydrogen (secondary N) is 1. The van der Waals surface area contributed by atoms with Crippen LogP contribution in [0.2, 0.25) is 0 Å². The zero-order valence-corrected chi connectivity index (χ0v) is 10.9. The molecule has 1 unspecified atom stereocenters. The average molecular weight is 253 g/mol. The van der Waals surface area contributed by atoms with Crippen LogP contribution in [0.15, 0.2) is 24.3 Å². The van der Waals surface area contributed by atoms with E-state index in [0.29, 0.717) is 19.6 Å². The minimum Gasteiger partial charge on any atom is -0.372 e. The standard InChI is InChI=1S/C14H20FNO2/c1-3-13(9-16-14(17)4-2)18-10-11-6-5-7-12(15)8-11/h5-8,13H,3-4,9-10H2,1-2H3,(H,16,17). The number of carbonyl (C=O) groups excluding carboxylic acids is 1. The van der Waals surface area contributed by atoms with Crippen molar-refractivity contribution in [3.05, 3.63) is 35.6 Å². The highest BCUT2D eigenvalue weighted by atomic mass is 19.1. The van der Waals surface area contributed by atoms with E-state index in [1.54, 1.807) is 6.07 Å². The van der Waals surface area contributed by atoms with Crippen LogP contribution in [0.4, 0.5) is 4.39 Å². The number of rotatable bonds is 7. The fourth-order valence-electron chi connectivity index (χ4n) is 1.51. The predicted molar refractivity (Wildman–Crippen MR) is 68.6 cm³/mol. The summed E-state index contributed by atoms with van der Waals surface area (Å²) in [5.74, 6) is -0.244. The Bertz CT molecular complexity index is 382. The normalized spacial score (nSPS) is 12.2. The molecule has 100 valence electrons. The maximum atomic E-state index is 13.0. The van der Waals surface area contributed by atoms with Gasteiger partial charge >= 0.3 is 0 Å². The first kappa shape index (κ1) is 14.6. The molecule has 0 aromatic heterocycles. The Balaban J connectivity index is 2.37. The summed E-state index contributed by atoms with van der Waals surface area (Å²) in [4.78, 5) is 11.1. The lowest BCUT2D eigenvalue weighted by Gasteiger charge is -2.16. The van der Waals surface area contributed by atoms with Crippen molar-refractivity contribution >= 4 is 5.91 Å². The molecular formula is C14H20FNO2. The Morgan fingerprint density at radius 1 is 1.44 bits per heavy atom. The van der Waals surface area contributed by atoms with Crippen LogP contribution in [-0.2, 0) is 16.1 Å². The molecule has 0 aliphatic heterocycles. The lowest BCUT2D eigenvalue weighted by atomic mass is 10.2. The van der Waals surface area contributed by atoms with Crippen LogP contribution < -0.4 is 5.32 Å². The third kappa shape index (κ3) is 5.27. The van der Waals surface area contributed by atoms with Crippen molar-refractivity contribution in [3.8, 4) is 0 Å². The molecule has 1 aromatic rings. The second-order valence-corrected chi connectivity index (χ2v) is 4.13. The van der Waals surface area contributed by atoms with E-state index >= 15 is 0 Å². The molecule has 0 radical (unpaired) electrons. The maximum Gasteiger partial charge on any atom is 0.219 e. The van der Waals surface area contributed by atoms with Crippen molar-refractivity contribution in [2.24, 2.45) is 0 Å². The van der Waals surface area contributed by atoms with E-state index in [-0.39, 0.29) is 17.8 Å². The Morgan fingerprint density at radius 3 is 2.83 bits per heavy atom. The molecule has 4 heteroatoms. The summed E-state index contributed by atoms with van der Waals surface area (Å²) in [5.41, 5.74) is 0.801. The van der Waals surface area contributed by atoms with Gasteiger partial charge in [-0.25, -0.2) is 4.39 Å². The molecule has 0 heterocycles.